The van der Waals surface area contributed by atoms with Crippen molar-refractivity contribution in [2.24, 2.45) is 0 Å². The monoisotopic (exact) mass is 319 g/mol. The van der Waals surface area contributed by atoms with E-state index in [9.17, 15) is 4.79 Å². The van der Waals surface area contributed by atoms with Crippen molar-refractivity contribution in [3.63, 3.8) is 0 Å². The molecule has 0 fully saturated rings. The van der Waals surface area contributed by atoms with Crippen LogP contribution in [0.4, 0.5) is 10.5 Å². The van der Waals surface area contributed by atoms with Crippen molar-refractivity contribution in [2.75, 3.05) is 11.5 Å². The molecular formula is C20H17NO3. The molecule has 0 aromatic heterocycles. The Hall–Kier alpha value is -3.03. The minimum Gasteiger partial charge on any atom is -0.410 e. The zero-order chi connectivity index (χ0) is 16.8. The first-order valence-corrected chi connectivity index (χ1v) is 7.72. The van der Waals surface area contributed by atoms with Gasteiger partial charge in [0.2, 0.25) is 0 Å². The Morgan fingerprint density at radius 2 is 1.88 bits per heavy atom. The van der Waals surface area contributed by atoms with E-state index in [1.165, 1.54) is 4.90 Å². The Morgan fingerprint density at radius 3 is 2.67 bits per heavy atom. The summed E-state index contributed by atoms with van der Waals surface area (Å²) in [4.78, 5) is 14.3. The minimum atomic E-state index is -0.485. The van der Waals surface area contributed by atoms with Gasteiger partial charge in [0.15, 0.2) is 0 Å². The van der Waals surface area contributed by atoms with E-state index in [1.54, 1.807) is 12.1 Å². The zero-order valence-corrected chi connectivity index (χ0v) is 13.1. The number of aliphatic hydroxyl groups is 1. The molecule has 1 amide bonds. The Kier molecular flexibility index (Phi) is 4.95. The summed E-state index contributed by atoms with van der Waals surface area (Å²) in [6.07, 6.45) is 3.69. The molecule has 0 saturated carbocycles. The van der Waals surface area contributed by atoms with E-state index in [2.05, 4.69) is 11.8 Å². The number of benzene rings is 2. The lowest BCUT2D eigenvalue weighted by Gasteiger charge is -2.30. The van der Waals surface area contributed by atoms with Crippen molar-refractivity contribution >= 4 is 17.9 Å². The Bertz CT molecular complexity index is 802. The lowest BCUT2D eigenvalue weighted by atomic mass is 10.0. The van der Waals surface area contributed by atoms with Gasteiger partial charge in [-0.05, 0) is 29.8 Å². The van der Waals surface area contributed by atoms with Gasteiger partial charge >= 0.3 is 6.09 Å². The molecule has 4 heteroatoms. The van der Waals surface area contributed by atoms with Crippen LogP contribution >= 0.6 is 0 Å². The predicted octanol–water partition coefficient (Wildman–Crippen LogP) is 3.47. The average Bonchev–Trinajstić information content (AvgIpc) is 2.62. The highest BCUT2D eigenvalue weighted by Gasteiger charge is 2.28. The maximum Gasteiger partial charge on any atom is 0.421 e. The van der Waals surface area contributed by atoms with Gasteiger partial charge in [-0.3, -0.25) is 4.90 Å². The fourth-order valence-corrected chi connectivity index (χ4v) is 2.47. The normalized spacial score (nSPS) is 15.2. The van der Waals surface area contributed by atoms with Crippen LogP contribution < -0.4 is 9.64 Å². The van der Waals surface area contributed by atoms with Crippen LogP contribution in [0, 0.1) is 11.8 Å². The number of nitrogens with zero attached hydrogens (tertiary/aromatic N) is 1. The number of amides is 1. The first-order valence-electron chi connectivity index (χ1n) is 7.72. The summed E-state index contributed by atoms with van der Waals surface area (Å²) in [5, 5.41) is 8.90. The smallest absolute Gasteiger partial charge is 0.410 e. The second kappa shape index (κ2) is 7.49. The van der Waals surface area contributed by atoms with E-state index in [-0.39, 0.29) is 6.61 Å². The summed E-state index contributed by atoms with van der Waals surface area (Å²) in [5.74, 6) is 6.38. The molecule has 0 aliphatic carbocycles. The van der Waals surface area contributed by atoms with Gasteiger partial charge in [0.25, 0.3) is 0 Å². The third kappa shape index (κ3) is 3.48. The molecule has 2 aromatic rings. The third-order valence-corrected chi connectivity index (χ3v) is 3.56. The van der Waals surface area contributed by atoms with Crippen molar-refractivity contribution in [2.45, 2.75) is 12.5 Å². The summed E-state index contributed by atoms with van der Waals surface area (Å²) < 4.78 is 5.48. The van der Waals surface area contributed by atoms with Crippen LogP contribution in [0.25, 0.3) is 6.08 Å². The first-order chi connectivity index (χ1) is 11.8. The number of ether oxygens (including phenoxy) is 1. The van der Waals surface area contributed by atoms with Crippen LogP contribution in [0.5, 0.6) is 5.75 Å². The lowest BCUT2D eigenvalue weighted by molar-refractivity contribution is 0.207. The molecule has 2 aromatic carbocycles. The summed E-state index contributed by atoms with van der Waals surface area (Å²) in [7, 11) is 0. The maximum absolute atomic E-state index is 12.7. The largest absolute Gasteiger partial charge is 0.421 e. The van der Waals surface area contributed by atoms with Gasteiger partial charge < -0.3 is 9.84 Å². The fourth-order valence-electron chi connectivity index (χ4n) is 2.47. The highest BCUT2D eigenvalue weighted by atomic mass is 16.6. The Balaban J connectivity index is 1.91. The molecule has 1 N–H and O–H groups in total. The SMILES string of the molecule is O=C(Oc1ccccc1)N1c2ccccc2C=CC1C#CCCO. The van der Waals surface area contributed by atoms with Crippen molar-refractivity contribution < 1.29 is 14.6 Å². The summed E-state index contributed by atoms with van der Waals surface area (Å²) >= 11 is 0. The van der Waals surface area contributed by atoms with Crippen LogP contribution in [0.1, 0.15) is 12.0 Å². The van der Waals surface area contributed by atoms with Gasteiger partial charge in [-0.2, -0.15) is 0 Å². The van der Waals surface area contributed by atoms with Gasteiger partial charge in [0, 0.05) is 6.42 Å². The average molecular weight is 319 g/mol. The fraction of sp³-hybridized carbons (Fsp3) is 0.150. The maximum atomic E-state index is 12.7. The third-order valence-electron chi connectivity index (χ3n) is 3.56. The van der Waals surface area contributed by atoms with Crippen LogP contribution in [0.3, 0.4) is 0 Å². The first kappa shape index (κ1) is 15.9. The molecule has 0 spiro atoms. The second-order valence-electron chi connectivity index (χ2n) is 5.21. The number of aliphatic hydroxyl groups excluding tert-OH is 1. The zero-order valence-electron chi connectivity index (χ0n) is 13.1. The van der Waals surface area contributed by atoms with Crippen molar-refractivity contribution in [3.05, 3.63) is 66.2 Å². The number of rotatable bonds is 2. The molecule has 1 atom stereocenters. The van der Waals surface area contributed by atoms with E-state index in [4.69, 9.17) is 9.84 Å². The highest BCUT2D eigenvalue weighted by Crippen LogP contribution is 2.29. The molecule has 24 heavy (non-hydrogen) atoms. The van der Waals surface area contributed by atoms with E-state index >= 15 is 0 Å². The van der Waals surface area contributed by atoms with Crippen LogP contribution in [0.15, 0.2) is 60.7 Å². The van der Waals surface area contributed by atoms with Crippen LogP contribution in [0.2, 0.25) is 0 Å². The molecule has 120 valence electrons. The molecule has 4 nitrogen and oxygen atoms in total. The molecule has 0 radical (unpaired) electrons. The second-order valence-corrected chi connectivity index (χ2v) is 5.21. The number of hydrogen-bond donors (Lipinski definition) is 1. The van der Waals surface area contributed by atoms with Crippen LogP contribution in [-0.2, 0) is 0 Å². The van der Waals surface area contributed by atoms with E-state index in [0.29, 0.717) is 12.2 Å². The quantitative estimate of drug-likeness (QED) is 0.862. The van der Waals surface area contributed by atoms with Gasteiger partial charge in [0.05, 0.1) is 12.3 Å². The van der Waals surface area contributed by atoms with Crippen molar-refractivity contribution in [3.8, 4) is 17.6 Å². The number of hydrogen-bond acceptors (Lipinski definition) is 3. The summed E-state index contributed by atoms with van der Waals surface area (Å²) in [6, 6.07) is 16.1. The number of carbonyl (C=O) groups excluding carboxylic acids is 1. The molecule has 0 saturated heterocycles. The molecule has 3 rings (SSSR count). The molecule has 0 bridgehead atoms. The van der Waals surface area contributed by atoms with E-state index in [1.807, 2.05) is 54.6 Å². The molecule has 1 aliphatic rings. The standard InChI is InChI=1S/C20H17NO3/c22-15-7-6-9-17-14-13-16-8-4-5-12-19(16)21(17)20(23)24-18-10-2-1-3-11-18/h1-5,8,10-14,17,22H,7,15H2. The number of fused-ring (bicyclic) bond motifs is 1. The molecule has 1 heterocycles. The van der Waals surface area contributed by atoms with Gasteiger partial charge in [-0.25, -0.2) is 4.79 Å². The summed E-state index contributed by atoms with van der Waals surface area (Å²) in [5.41, 5.74) is 1.69. The minimum absolute atomic E-state index is 0.00547. The number of carbonyl (C=O) groups is 1. The Morgan fingerprint density at radius 1 is 1.12 bits per heavy atom. The van der Waals surface area contributed by atoms with E-state index in [0.717, 1.165) is 11.3 Å². The molecular weight excluding hydrogens is 302 g/mol. The molecule has 1 unspecified atom stereocenters. The van der Waals surface area contributed by atoms with Crippen molar-refractivity contribution in [1.29, 1.82) is 0 Å². The topological polar surface area (TPSA) is 49.8 Å². The number of para-hydroxylation sites is 2. The summed E-state index contributed by atoms with van der Waals surface area (Å²) in [6.45, 7) is -0.00547. The highest BCUT2D eigenvalue weighted by molar-refractivity contribution is 5.95. The molecule has 1 aliphatic heterocycles. The van der Waals surface area contributed by atoms with Gasteiger partial charge in [-0.15, -0.1) is 0 Å². The number of anilines is 1. The van der Waals surface area contributed by atoms with E-state index < -0.39 is 12.1 Å². The van der Waals surface area contributed by atoms with Gasteiger partial charge in [-0.1, -0.05) is 54.3 Å². The Labute approximate surface area is 141 Å². The van der Waals surface area contributed by atoms with Crippen molar-refractivity contribution in [1.82, 2.24) is 0 Å². The predicted molar refractivity (Wildman–Crippen MR) is 93.7 cm³/mol. The van der Waals surface area contributed by atoms with Gasteiger partial charge in [0.1, 0.15) is 11.8 Å². The lowest BCUT2D eigenvalue weighted by Crippen LogP contribution is -2.42. The van der Waals surface area contributed by atoms with Crippen LogP contribution in [-0.4, -0.2) is 23.8 Å².